The molecular formula is C17H18ClN3OS. The third-order valence-corrected chi connectivity index (χ3v) is 4.66. The number of unbranched alkanes of at least 4 members (excludes halogenated alkanes) is 2. The van der Waals surface area contributed by atoms with E-state index in [9.17, 15) is 0 Å². The highest BCUT2D eigenvalue weighted by Gasteiger charge is 2.14. The fourth-order valence-corrected chi connectivity index (χ4v) is 3.66. The summed E-state index contributed by atoms with van der Waals surface area (Å²) in [5.41, 5.74) is 2.27. The van der Waals surface area contributed by atoms with Crippen LogP contribution in [-0.2, 0) is 0 Å². The Balaban J connectivity index is 1.91. The summed E-state index contributed by atoms with van der Waals surface area (Å²) >= 11 is 7.63. The quantitative estimate of drug-likeness (QED) is 0.485. The molecule has 0 bridgehead atoms. The fraction of sp³-hybridized carbons (Fsp3) is 0.294. The number of thiophene rings is 1. The molecule has 0 aliphatic heterocycles. The molecule has 0 saturated carbocycles. The van der Waals surface area contributed by atoms with E-state index in [4.69, 9.17) is 16.7 Å². The fourth-order valence-electron chi connectivity index (χ4n) is 2.49. The van der Waals surface area contributed by atoms with E-state index in [1.807, 2.05) is 18.2 Å². The van der Waals surface area contributed by atoms with Gasteiger partial charge in [0.05, 0.1) is 5.39 Å². The summed E-state index contributed by atoms with van der Waals surface area (Å²) in [6, 6.07) is 10.2. The van der Waals surface area contributed by atoms with Gasteiger partial charge in [-0.25, -0.2) is 9.97 Å². The summed E-state index contributed by atoms with van der Waals surface area (Å²) in [5.74, 6) is 0.782. The van der Waals surface area contributed by atoms with Gasteiger partial charge >= 0.3 is 0 Å². The van der Waals surface area contributed by atoms with Gasteiger partial charge in [0.15, 0.2) is 0 Å². The van der Waals surface area contributed by atoms with Crippen LogP contribution in [0.4, 0.5) is 5.82 Å². The summed E-state index contributed by atoms with van der Waals surface area (Å²) < 4.78 is 0. The first-order chi connectivity index (χ1) is 11.3. The molecule has 6 heteroatoms. The lowest BCUT2D eigenvalue weighted by atomic mass is 10.1. The Morgan fingerprint density at radius 2 is 1.91 bits per heavy atom. The van der Waals surface area contributed by atoms with Crippen molar-refractivity contribution in [2.75, 3.05) is 18.5 Å². The number of benzene rings is 1. The van der Waals surface area contributed by atoms with Crippen LogP contribution in [0.15, 0.2) is 35.7 Å². The maximum atomic E-state index is 8.84. The van der Waals surface area contributed by atoms with Crippen LogP contribution in [0.3, 0.4) is 0 Å². The van der Waals surface area contributed by atoms with E-state index in [1.165, 1.54) is 0 Å². The first-order valence-electron chi connectivity index (χ1n) is 7.64. The predicted molar refractivity (Wildman–Crippen MR) is 97.3 cm³/mol. The van der Waals surface area contributed by atoms with Gasteiger partial charge in [0, 0.05) is 24.1 Å². The van der Waals surface area contributed by atoms with Crippen molar-refractivity contribution in [3.63, 3.8) is 0 Å². The molecule has 0 radical (unpaired) electrons. The molecule has 3 aromatic rings. The summed E-state index contributed by atoms with van der Waals surface area (Å²) in [6.07, 6.45) is 2.80. The van der Waals surface area contributed by atoms with Gasteiger partial charge in [0.2, 0.25) is 5.28 Å². The number of aliphatic hydroxyl groups excluding tert-OH is 1. The number of rotatable bonds is 7. The average molecular weight is 348 g/mol. The molecule has 0 amide bonds. The average Bonchev–Trinajstić information content (AvgIpc) is 2.99. The first kappa shape index (κ1) is 16.2. The number of fused-ring (bicyclic) bond motifs is 1. The van der Waals surface area contributed by atoms with Crippen molar-refractivity contribution in [3.8, 4) is 11.1 Å². The summed E-state index contributed by atoms with van der Waals surface area (Å²) in [6.45, 7) is 1.04. The number of aromatic nitrogens is 2. The lowest BCUT2D eigenvalue weighted by Gasteiger charge is -2.09. The Morgan fingerprint density at radius 3 is 2.70 bits per heavy atom. The molecule has 0 aliphatic rings. The minimum Gasteiger partial charge on any atom is -0.396 e. The largest absolute Gasteiger partial charge is 0.396 e. The van der Waals surface area contributed by atoms with Gasteiger partial charge in [-0.15, -0.1) is 11.3 Å². The molecule has 120 valence electrons. The third kappa shape index (κ3) is 3.80. The molecule has 3 rings (SSSR count). The Hall–Kier alpha value is -1.69. The van der Waals surface area contributed by atoms with E-state index < -0.39 is 0 Å². The van der Waals surface area contributed by atoms with Crippen molar-refractivity contribution in [3.05, 3.63) is 41.0 Å². The summed E-state index contributed by atoms with van der Waals surface area (Å²) in [7, 11) is 0. The Kier molecular flexibility index (Phi) is 5.43. The standard InChI is InChI=1S/C17H18ClN3OS/c18-17-20-15(19-9-5-2-6-10-22)14-13(11-23-16(14)21-17)12-7-3-1-4-8-12/h1,3-4,7-8,11,22H,2,5-6,9-10H2,(H,19,20,21). The Morgan fingerprint density at radius 1 is 1.09 bits per heavy atom. The van der Waals surface area contributed by atoms with E-state index in [2.05, 4.69) is 32.8 Å². The molecule has 0 aliphatic carbocycles. The van der Waals surface area contributed by atoms with Crippen LogP contribution in [0.1, 0.15) is 19.3 Å². The van der Waals surface area contributed by atoms with Gasteiger partial charge in [-0.2, -0.15) is 0 Å². The van der Waals surface area contributed by atoms with E-state index in [0.717, 1.165) is 53.0 Å². The number of aliphatic hydroxyl groups is 1. The van der Waals surface area contributed by atoms with Crippen LogP contribution in [0.25, 0.3) is 21.3 Å². The lowest BCUT2D eigenvalue weighted by molar-refractivity contribution is 0.283. The van der Waals surface area contributed by atoms with Crippen molar-refractivity contribution in [1.29, 1.82) is 0 Å². The molecule has 0 spiro atoms. The zero-order valence-electron chi connectivity index (χ0n) is 12.6. The van der Waals surface area contributed by atoms with Crippen LogP contribution in [-0.4, -0.2) is 28.2 Å². The molecule has 1 aromatic carbocycles. The minimum absolute atomic E-state index is 0.242. The predicted octanol–water partition coefficient (Wildman–Crippen LogP) is 4.59. The Bertz CT molecular complexity index is 776. The highest BCUT2D eigenvalue weighted by molar-refractivity contribution is 7.17. The van der Waals surface area contributed by atoms with Gasteiger partial charge in [-0.05, 0) is 36.4 Å². The van der Waals surface area contributed by atoms with Crippen molar-refractivity contribution < 1.29 is 5.11 Å². The van der Waals surface area contributed by atoms with E-state index in [1.54, 1.807) is 11.3 Å². The van der Waals surface area contributed by atoms with Crippen LogP contribution in [0.5, 0.6) is 0 Å². The van der Waals surface area contributed by atoms with E-state index in [0.29, 0.717) is 0 Å². The zero-order chi connectivity index (χ0) is 16.1. The van der Waals surface area contributed by atoms with E-state index >= 15 is 0 Å². The number of hydrogen-bond donors (Lipinski definition) is 2. The molecule has 2 heterocycles. The number of hydrogen-bond acceptors (Lipinski definition) is 5. The smallest absolute Gasteiger partial charge is 0.225 e. The van der Waals surface area contributed by atoms with Gasteiger partial charge in [0.25, 0.3) is 0 Å². The van der Waals surface area contributed by atoms with E-state index in [-0.39, 0.29) is 11.9 Å². The highest BCUT2D eigenvalue weighted by atomic mass is 35.5. The maximum absolute atomic E-state index is 8.84. The molecule has 23 heavy (non-hydrogen) atoms. The SMILES string of the molecule is OCCCCCNc1nc(Cl)nc2scc(-c3ccccc3)c12. The second kappa shape index (κ2) is 7.73. The lowest BCUT2D eigenvalue weighted by Crippen LogP contribution is -2.05. The highest BCUT2D eigenvalue weighted by Crippen LogP contribution is 2.37. The third-order valence-electron chi connectivity index (χ3n) is 3.62. The monoisotopic (exact) mass is 347 g/mol. The molecule has 2 aromatic heterocycles. The molecule has 0 unspecified atom stereocenters. The van der Waals surface area contributed by atoms with Gasteiger partial charge in [0.1, 0.15) is 10.6 Å². The van der Waals surface area contributed by atoms with Crippen LogP contribution < -0.4 is 5.32 Å². The molecule has 2 N–H and O–H groups in total. The van der Waals surface area contributed by atoms with Gasteiger partial charge in [-0.1, -0.05) is 30.3 Å². The van der Waals surface area contributed by atoms with Crippen LogP contribution in [0, 0.1) is 0 Å². The van der Waals surface area contributed by atoms with Crippen molar-refractivity contribution in [2.24, 2.45) is 0 Å². The Labute approximate surface area is 144 Å². The molecule has 0 saturated heterocycles. The second-order valence-corrected chi connectivity index (χ2v) is 6.44. The van der Waals surface area contributed by atoms with Crippen molar-refractivity contribution >= 4 is 39.0 Å². The number of nitrogens with zero attached hydrogens (tertiary/aromatic N) is 2. The molecule has 4 nitrogen and oxygen atoms in total. The van der Waals surface area contributed by atoms with Crippen molar-refractivity contribution in [2.45, 2.75) is 19.3 Å². The number of halogens is 1. The normalized spacial score (nSPS) is 11.0. The van der Waals surface area contributed by atoms with Gasteiger partial charge < -0.3 is 10.4 Å². The summed E-state index contributed by atoms with van der Waals surface area (Å²) in [4.78, 5) is 9.61. The number of nitrogens with one attached hydrogen (secondary N) is 1. The van der Waals surface area contributed by atoms with Crippen LogP contribution in [0.2, 0.25) is 5.28 Å². The molecular weight excluding hydrogens is 330 g/mol. The zero-order valence-corrected chi connectivity index (χ0v) is 14.2. The topological polar surface area (TPSA) is 58.0 Å². The summed E-state index contributed by atoms with van der Waals surface area (Å²) in [5, 5.41) is 15.6. The van der Waals surface area contributed by atoms with Crippen molar-refractivity contribution in [1.82, 2.24) is 9.97 Å². The molecule has 0 atom stereocenters. The minimum atomic E-state index is 0.242. The molecule has 0 fully saturated rings. The number of anilines is 1. The second-order valence-electron chi connectivity index (χ2n) is 5.25. The van der Waals surface area contributed by atoms with Gasteiger partial charge in [-0.3, -0.25) is 0 Å². The first-order valence-corrected chi connectivity index (χ1v) is 8.90. The maximum Gasteiger partial charge on any atom is 0.225 e. The van der Waals surface area contributed by atoms with Crippen LogP contribution >= 0.6 is 22.9 Å².